The van der Waals surface area contributed by atoms with Crippen LogP contribution in [0.4, 0.5) is 10.1 Å². The highest BCUT2D eigenvalue weighted by Gasteiger charge is 2.18. The number of pyridine rings is 1. The van der Waals surface area contributed by atoms with E-state index in [1.807, 2.05) is 6.92 Å². The first kappa shape index (κ1) is 13.2. The van der Waals surface area contributed by atoms with Crippen LogP contribution in [0.1, 0.15) is 12.5 Å². The summed E-state index contributed by atoms with van der Waals surface area (Å²) in [6.07, 6.45) is 4.19. The molecule has 0 unspecified atom stereocenters. The fraction of sp³-hybridized carbons (Fsp3) is 0.133. The number of nitrogens with two attached hydrogens (primary N) is 1. The van der Waals surface area contributed by atoms with E-state index in [4.69, 9.17) is 10.3 Å². The predicted molar refractivity (Wildman–Crippen MR) is 76.7 cm³/mol. The SMILES string of the molecule is CCc1cnccc1-c1noc(-c2c(N)cccc2F)n1. The predicted octanol–water partition coefficient (Wildman–Crippen LogP) is 3.08. The largest absolute Gasteiger partial charge is 0.398 e. The van der Waals surface area contributed by atoms with Gasteiger partial charge in [-0.3, -0.25) is 4.98 Å². The Balaban J connectivity index is 2.09. The third kappa shape index (κ3) is 2.35. The molecule has 1 aromatic carbocycles. The van der Waals surface area contributed by atoms with Crippen LogP contribution < -0.4 is 5.73 Å². The summed E-state index contributed by atoms with van der Waals surface area (Å²) in [7, 11) is 0. The van der Waals surface area contributed by atoms with E-state index in [9.17, 15) is 4.39 Å². The maximum atomic E-state index is 13.9. The second-order valence-corrected chi connectivity index (χ2v) is 4.51. The number of hydrogen-bond acceptors (Lipinski definition) is 5. The van der Waals surface area contributed by atoms with E-state index in [1.165, 1.54) is 12.1 Å². The van der Waals surface area contributed by atoms with E-state index in [2.05, 4.69) is 15.1 Å². The smallest absolute Gasteiger partial charge is 0.263 e. The summed E-state index contributed by atoms with van der Waals surface area (Å²) in [6.45, 7) is 2.01. The number of nitrogens with zero attached hydrogens (tertiary/aromatic N) is 3. The van der Waals surface area contributed by atoms with Gasteiger partial charge in [0.05, 0.1) is 5.56 Å². The minimum atomic E-state index is -0.490. The number of aryl methyl sites for hydroxylation is 1. The number of hydrogen-bond donors (Lipinski definition) is 1. The third-order valence-corrected chi connectivity index (χ3v) is 3.21. The van der Waals surface area contributed by atoms with Crippen molar-refractivity contribution in [3.63, 3.8) is 0 Å². The lowest BCUT2D eigenvalue weighted by Gasteiger charge is -2.02. The Morgan fingerprint density at radius 1 is 1.29 bits per heavy atom. The van der Waals surface area contributed by atoms with Crippen LogP contribution in [0.25, 0.3) is 22.8 Å². The summed E-state index contributed by atoms with van der Waals surface area (Å²) in [5.41, 5.74) is 7.98. The summed E-state index contributed by atoms with van der Waals surface area (Å²) in [5.74, 6) is -0.0259. The van der Waals surface area contributed by atoms with Crippen molar-refractivity contribution >= 4 is 5.69 Å². The summed E-state index contributed by atoms with van der Waals surface area (Å²) < 4.78 is 19.0. The molecule has 6 heteroatoms. The van der Waals surface area contributed by atoms with Crippen LogP contribution in [0.15, 0.2) is 41.2 Å². The van der Waals surface area contributed by atoms with Crippen molar-refractivity contribution in [1.29, 1.82) is 0 Å². The van der Waals surface area contributed by atoms with Crippen LogP contribution in [0.2, 0.25) is 0 Å². The van der Waals surface area contributed by atoms with Gasteiger partial charge in [-0.25, -0.2) is 4.39 Å². The number of rotatable bonds is 3. The minimum absolute atomic E-state index is 0.0689. The molecule has 3 aromatic rings. The summed E-state index contributed by atoms with van der Waals surface area (Å²) >= 11 is 0. The van der Waals surface area contributed by atoms with Gasteiger partial charge in [0.15, 0.2) is 0 Å². The van der Waals surface area contributed by atoms with E-state index in [0.29, 0.717) is 5.82 Å². The number of anilines is 1. The topological polar surface area (TPSA) is 77.8 Å². The van der Waals surface area contributed by atoms with Crippen LogP contribution >= 0.6 is 0 Å². The van der Waals surface area contributed by atoms with Gasteiger partial charge < -0.3 is 10.3 Å². The van der Waals surface area contributed by atoms with E-state index < -0.39 is 5.82 Å². The van der Waals surface area contributed by atoms with Gasteiger partial charge in [0.25, 0.3) is 5.89 Å². The molecule has 2 N–H and O–H groups in total. The number of halogens is 1. The standard InChI is InChI=1S/C15H13FN4O/c1-2-9-8-18-7-6-10(9)14-19-15(21-20-14)13-11(16)4-3-5-12(13)17/h3-8H,2,17H2,1H3. The fourth-order valence-electron chi connectivity index (χ4n) is 2.13. The van der Waals surface area contributed by atoms with Gasteiger partial charge in [-0.1, -0.05) is 18.1 Å². The van der Waals surface area contributed by atoms with Crippen LogP contribution in [-0.2, 0) is 6.42 Å². The van der Waals surface area contributed by atoms with Gasteiger partial charge in [-0.15, -0.1) is 0 Å². The summed E-state index contributed by atoms with van der Waals surface area (Å²) in [5, 5.41) is 3.92. The molecule has 0 atom stereocenters. The van der Waals surface area contributed by atoms with Gasteiger partial charge in [0, 0.05) is 23.6 Å². The normalized spacial score (nSPS) is 10.8. The quantitative estimate of drug-likeness (QED) is 0.748. The molecule has 0 spiro atoms. The van der Waals surface area contributed by atoms with Crippen molar-refractivity contribution in [3.8, 4) is 22.8 Å². The average Bonchev–Trinajstić information content (AvgIpc) is 2.96. The zero-order valence-corrected chi connectivity index (χ0v) is 11.4. The van der Waals surface area contributed by atoms with E-state index in [1.54, 1.807) is 24.5 Å². The van der Waals surface area contributed by atoms with Crippen molar-refractivity contribution in [2.45, 2.75) is 13.3 Å². The molecule has 0 saturated carbocycles. The first-order chi connectivity index (χ1) is 10.2. The molecule has 5 nitrogen and oxygen atoms in total. The number of aromatic nitrogens is 3. The van der Waals surface area contributed by atoms with Crippen molar-refractivity contribution in [3.05, 3.63) is 48.0 Å². The van der Waals surface area contributed by atoms with Crippen molar-refractivity contribution in [1.82, 2.24) is 15.1 Å². The molecular formula is C15H13FN4O. The molecule has 0 radical (unpaired) electrons. The summed E-state index contributed by atoms with van der Waals surface area (Å²) in [6, 6.07) is 6.23. The molecule has 2 aromatic heterocycles. The van der Waals surface area contributed by atoms with Crippen molar-refractivity contribution in [2.75, 3.05) is 5.73 Å². The fourth-order valence-corrected chi connectivity index (χ4v) is 2.13. The molecule has 106 valence electrons. The number of benzene rings is 1. The Labute approximate surface area is 120 Å². The minimum Gasteiger partial charge on any atom is -0.398 e. The molecule has 3 rings (SSSR count). The van der Waals surface area contributed by atoms with Gasteiger partial charge in [-0.05, 0) is 30.2 Å². The summed E-state index contributed by atoms with van der Waals surface area (Å²) in [4.78, 5) is 8.32. The van der Waals surface area contributed by atoms with Crippen LogP contribution in [0.5, 0.6) is 0 Å². The maximum absolute atomic E-state index is 13.9. The molecule has 0 aliphatic rings. The van der Waals surface area contributed by atoms with E-state index in [0.717, 1.165) is 17.5 Å². The average molecular weight is 284 g/mol. The Hall–Kier alpha value is -2.76. The molecule has 0 fully saturated rings. The highest BCUT2D eigenvalue weighted by molar-refractivity contribution is 5.72. The Morgan fingerprint density at radius 3 is 2.90 bits per heavy atom. The van der Waals surface area contributed by atoms with Crippen molar-refractivity contribution < 1.29 is 8.91 Å². The van der Waals surface area contributed by atoms with Crippen molar-refractivity contribution in [2.24, 2.45) is 0 Å². The highest BCUT2D eigenvalue weighted by Crippen LogP contribution is 2.29. The lowest BCUT2D eigenvalue weighted by molar-refractivity contribution is 0.430. The molecule has 2 heterocycles. The zero-order chi connectivity index (χ0) is 14.8. The van der Waals surface area contributed by atoms with Gasteiger partial charge in [0.1, 0.15) is 5.82 Å². The molecule has 0 saturated heterocycles. The monoisotopic (exact) mass is 284 g/mol. The maximum Gasteiger partial charge on any atom is 0.263 e. The zero-order valence-electron chi connectivity index (χ0n) is 11.4. The highest BCUT2D eigenvalue weighted by atomic mass is 19.1. The molecule has 0 bridgehead atoms. The Bertz CT molecular complexity index is 765. The first-order valence-electron chi connectivity index (χ1n) is 6.52. The first-order valence-corrected chi connectivity index (χ1v) is 6.52. The second-order valence-electron chi connectivity index (χ2n) is 4.51. The van der Waals surface area contributed by atoms with E-state index >= 15 is 0 Å². The Kier molecular flexibility index (Phi) is 3.35. The Morgan fingerprint density at radius 2 is 2.14 bits per heavy atom. The van der Waals surface area contributed by atoms with Gasteiger partial charge in [0.2, 0.25) is 5.82 Å². The molecular weight excluding hydrogens is 271 g/mol. The van der Waals surface area contributed by atoms with Gasteiger partial charge >= 0.3 is 0 Å². The van der Waals surface area contributed by atoms with Crippen LogP contribution in [-0.4, -0.2) is 15.1 Å². The third-order valence-electron chi connectivity index (χ3n) is 3.21. The lowest BCUT2D eigenvalue weighted by Crippen LogP contribution is -1.94. The second kappa shape index (κ2) is 5.32. The lowest BCUT2D eigenvalue weighted by atomic mass is 10.1. The van der Waals surface area contributed by atoms with Crippen LogP contribution in [0.3, 0.4) is 0 Å². The van der Waals surface area contributed by atoms with Gasteiger partial charge in [-0.2, -0.15) is 4.98 Å². The molecule has 0 aliphatic carbocycles. The van der Waals surface area contributed by atoms with E-state index in [-0.39, 0.29) is 17.1 Å². The van der Waals surface area contributed by atoms with Crippen LogP contribution in [0, 0.1) is 5.82 Å². The molecule has 0 aliphatic heterocycles. The molecule has 21 heavy (non-hydrogen) atoms. The molecule has 0 amide bonds. The number of nitrogen functional groups attached to an aromatic ring is 1.